The number of ketones is 1. The SMILES string of the molecule is COC(=O)C1=C(C)NC2=CCCC(=O)C2C1c1ccc(OC)c(OC)c1OC. The first-order valence-corrected chi connectivity index (χ1v) is 9.06. The van der Waals surface area contributed by atoms with Crippen LogP contribution in [0.2, 0.25) is 0 Å². The van der Waals surface area contributed by atoms with Crippen molar-refractivity contribution in [1.82, 2.24) is 5.32 Å². The van der Waals surface area contributed by atoms with Crippen LogP contribution in [0.3, 0.4) is 0 Å². The van der Waals surface area contributed by atoms with Gasteiger partial charge in [0.2, 0.25) is 5.75 Å². The largest absolute Gasteiger partial charge is 0.493 e. The normalized spacial score (nSPS) is 21.3. The Kier molecular flexibility index (Phi) is 5.63. The lowest BCUT2D eigenvalue weighted by atomic mass is 9.70. The molecule has 0 spiro atoms. The minimum atomic E-state index is -0.553. The second-order valence-corrected chi connectivity index (χ2v) is 6.70. The molecule has 7 nitrogen and oxygen atoms in total. The number of Topliss-reactive ketones (excluding diaryl/α,β-unsaturated/α-hetero) is 1. The van der Waals surface area contributed by atoms with E-state index in [-0.39, 0.29) is 5.78 Å². The second kappa shape index (κ2) is 7.96. The Morgan fingerprint density at radius 3 is 2.36 bits per heavy atom. The smallest absolute Gasteiger partial charge is 0.336 e. The summed E-state index contributed by atoms with van der Waals surface area (Å²) >= 11 is 0. The van der Waals surface area contributed by atoms with Crippen molar-refractivity contribution in [1.29, 1.82) is 0 Å². The number of rotatable bonds is 5. The highest BCUT2D eigenvalue weighted by Gasteiger charge is 2.44. The number of nitrogens with one attached hydrogen (secondary N) is 1. The third kappa shape index (κ3) is 3.10. The van der Waals surface area contributed by atoms with Crippen molar-refractivity contribution in [2.24, 2.45) is 5.92 Å². The number of allylic oxidation sites excluding steroid dienone is 3. The molecule has 1 aromatic rings. The lowest BCUT2D eigenvalue weighted by Gasteiger charge is -2.38. The Morgan fingerprint density at radius 2 is 1.75 bits per heavy atom. The van der Waals surface area contributed by atoms with Crippen LogP contribution in [0.1, 0.15) is 31.2 Å². The first kappa shape index (κ1) is 19.8. The van der Waals surface area contributed by atoms with E-state index < -0.39 is 17.8 Å². The summed E-state index contributed by atoms with van der Waals surface area (Å²) in [6, 6.07) is 3.56. The lowest BCUT2D eigenvalue weighted by molar-refractivity contribution is -0.136. The van der Waals surface area contributed by atoms with Gasteiger partial charge in [0.25, 0.3) is 0 Å². The fourth-order valence-corrected chi connectivity index (χ4v) is 4.10. The van der Waals surface area contributed by atoms with E-state index in [0.717, 1.165) is 5.70 Å². The van der Waals surface area contributed by atoms with Crippen LogP contribution in [0.15, 0.2) is 35.2 Å². The van der Waals surface area contributed by atoms with Gasteiger partial charge < -0.3 is 24.3 Å². The number of hydrogen-bond acceptors (Lipinski definition) is 7. The van der Waals surface area contributed by atoms with Gasteiger partial charge >= 0.3 is 5.97 Å². The quantitative estimate of drug-likeness (QED) is 0.778. The van der Waals surface area contributed by atoms with Gasteiger partial charge in [0.1, 0.15) is 5.78 Å². The molecule has 0 aromatic heterocycles. The van der Waals surface area contributed by atoms with E-state index in [0.29, 0.717) is 46.9 Å². The fourth-order valence-electron chi connectivity index (χ4n) is 4.10. The molecule has 0 amide bonds. The fraction of sp³-hybridized carbons (Fsp3) is 0.429. The zero-order valence-corrected chi connectivity index (χ0v) is 16.8. The van der Waals surface area contributed by atoms with Crippen LogP contribution in [0, 0.1) is 5.92 Å². The highest BCUT2D eigenvalue weighted by Crippen LogP contribution is 2.50. The molecule has 2 atom stereocenters. The summed E-state index contributed by atoms with van der Waals surface area (Å²) in [5, 5.41) is 3.22. The predicted molar refractivity (Wildman–Crippen MR) is 103 cm³/mol. The number of carbonyl (C=O) groups is 2. The molecule has 1 aromatic carbocycles. The van der Waals surface area contributed by atoms with E-state index >= 15 is 0 Å². The van der Waals surface area contributed by atoms with Crippen LogP contribution in [-0.4, -0.2) is 40.2 Å². The summed E-state index contributed by atoms with van der Waals surface area (Å²) in [7, 11) is 5.91. The molecule has 3 rings (SSSR count). The van der Waals surface area contributed by atoms with Crippen molar-refractivity contribution in [2.75, 3.05) is 28.4 Å². The molecule has 28 heavy (non-hydrogen) atoms. The molecule has 0 bridgehead atoms. The summed E-state index contributed by atoms with van der Waals surface area (Å²) in [5.74, 6) is -0.133. The third-order valence-electron chi connectivity index (χ3n) is 5.29. The van der Waals surface area contributed by atoms with Crippen LogP contribution >= 0.6 is 0 Å². The van der Waals surface area contributed by atoms with E-state index in [9.17, 15) is 9.59 Å². The molecule has 0 fully saturated rings. The van der Waals surface area contributed by atoms with Crippen LogP contribution in [-0.2, 0) is 14.3 Å². The van der Waals surface area contributed by atoms with E-state index in [1.165, 1.54) is 28.4 Å². The third-order valence-corrected chi connectivity index (χ3v) is 5.29. The van der Waals surface area contributed by atoms with Gasteiger partial charge in [0.05, 0.1) is 39.9 Å². The van der Waals surface area contributed by atoms with Crippen molar-refractivity contribution in [3.05, 3.63) is 40.7 Å². The number of methoxy groups -OCH3 is 4. The van der Waals surface area contributed by atoms with Gasteiger partial charge in [0.15, 0.2) is 11.5 Å². The number of carbonyl (C=O) groups excluding carboxylic acids is 2. The molecule has 1 heterocycles. The van der Waals surface area contributed by atoms with Gasteiger partial charge in [0, 0.05) is 29.3 Å². The van der Waals surface area contributed by atoms with Crippen LogP contribution in [0.25, 0.3) is 0 Å². The van der Waals surface area contributed by atoms with Crippen molar-refractivity contribution in [2.45, 2.75) is 25.7 Å². The number of fused-ring (bicyclic) bond motifs is 1. The summed E-state index contributed by atoms with van der Waals surface area (Å²) in [6.45, 7) is 1.81. The molecule has 2 unspecified atom stereocenters. The maximum Gasteiger partial charge on any atom is 0.336 e. The van der Waals surface area contributed by atoms with Gasteiger partial charge in [-0.2, -0.15) is 0 Å². The summed E-state index contributed by atoms with van der Waals surface area (Å²) in [5.41, 5.74) is 2.55. The van der Waals surface area contributed by atoms with Crippen LogP contribution in [0.4, 0.5) is 0 Å². The van der Waals surface area contributed by atoms with E-state index in [1.54, 1.807) is 6.07 Å². The van der Waals surface area contributed by atoms with Gasteiger partial charge in [-0.15, -0.1) is 0 Å². The number of hydrogen-bond donors (Lipinski definition) is 1. The minimum absolute atomic E-state index is 0.0701. The topological polar surface area (TPSA) is 83.1 Å². The van der Waals surface area contributed by atoms with Crippen molar-refractivity contribution in [3.63, 3.8) is 0 Å². The number of ether oxygens (including phenoxy) is 4. The minimum Gasteiger partial charge on any atom is -0.493 e. The van der Waals surface area contributed by atoms with Crippen molar-refractivity contribution < 1.29 is 28.5 Å². The van der Waals surface area contributed by atoms with Gasteiger partial charge in [-0.25, -0.2) is 4.79 Å². The maximum absolute atomic E-state index is 12.9. The molecule has 0 radical (unpaired) electrons. The zero-order chi connectivity index (χ0) is 20.4. The molecule has 1 aliphatic heterocycles. The molecule has 2 aliphatic rings. The summed E-state index contributed by atoms with van der Waals surface area (Å²) in [4.78, 5) is 25.6. The maximum atomic E-state index is 12.9. The first-order chi connectivity index (χ1) is 13.5. The number of esters is 1. The Morgan fingerprint density at radius 1 is 1.04 bits per heavy atom. The Hall–Kier alpha value is -2.96. The Labute approximate surface area is 164 Å². The van der Waals surface area contributed by atoms with Crippen LogP contribution < -0.4 is 19.5 Å². The van der Waals surface area contributed by atoms with Crippen molar-refractivity contribution in [3.8, 4) is 17.2 Å². The average Bonchev–Trinajstić information content (AvgIpc) is 2.71. The van der Waals surface area contributed by atoms with E-state index in [4.69, 9.17) is 18.9 Å². The average molecular weight is 387 g/mol. The van der Waals surface area contributed by atoms with Crippen LogP contribution in [0.5, 0.6) is 17.2 Å². The van der Waals surface area contributed by atoms with Crippen molar-refractivity contribution >= 4 is 11.8 Å². The molecule has 7 heteroatoms. The first-order valence-electron chi connectivity index (χ1n) is 9.06. The highest BCUT2D eigenvalue weighted by atomic mass is 16.5. The molecule has 1 aliphatic carbocycles. The molecular formula is C21H25NO6. The predicted octanol–water partition coefficient (Wildman–Crippen LogP) is 2.71. The highest BCUT2D eigenvalue weighted by molar-refractivity contribution is 5.96. The van der Waals surface area contributed by atoms with E-state index in [1.807, 2.05) is 19.1 Å². The Balaban J connectivity index is 2.30. The second-order valence-electron chi connectivity index (χ2n) is 6.70. The molecule has 0 saturated carbocycles. The van der Waals surface area contributed by atoms with E-state index in [2.05, 4.69) is 5.32 Å². The molecule has 150 valence electrons. The van der Waals surface area contributed by atoms with Gasteiger partial charge in [-0.3, -0.25) is 4.79 Å². The molecular weight excluding hydrogens is 362 g/mol. The monoisotopic (exact) mass is 387 g/mol. The number of benzene rings is 1. The van der Waals surface area contributed by atoms with Gasteiger partial charge in [-0.05, 0) is 19.4 Å². The standard InChI is InChI=1S/C21H25NO6/c1-11-16(21(24)28-5)17(18-13(22-11)7-6-8-14(18)23)12-9-10-15(25-2)20(27-4)19(12)26-3/h7,9-10,17-18,22H,6,8H2,1-5H3. The molecule has 0 saturated heterocycles. The zero-order valence-electron chi connectivity index (χ0n) is 16.8. The Bertz CT molecular complexity index is 870. The molecule has 1 N–H and O–H groups in total. The summed E-state index contributed by atoms with van der Waals surface area (Å²) in [6.07, 6.45) is 3.12. The lowest BCUT2D eigenvalue weighted by Crippen LogP contribution is -2.40. The van der Waals surface area contributed by atoms with Gasteiger partial charge in [-0.1, -0.05) is 12.1 Å². The summed E-state index contributed by atoms with van der Waals surface area (Å²) < 4.78 is 21.6.